The predicted octanol–water partition coefficient (Wildman–Crippen LogP) is 3.04. The fourth-order valence-corrected chi connectivity index (χ4v) is 1.57. The van der Waals surface area contributed by atoms with Gasteiger partial charge < -0.3 is 14.8 Å². The first-order valence-corrected chi connectivity index (χ1v) is 5.99. The SMILES string of the molecule is CCOC(=O)CC(C)Nc1ccccc1OC(F)F. The highest BCUT2D eigenvalue weighted by atomic mass is 19.3. The summed E-state index contributed by atoms with van der Waals surface area (Å²) in [6, 6.07) is 6.09. The summed E-state index contributed by atoms with van der Waals surface area (Å²) in [6.45, 7) is 0.914. The van der Waals surface area contributed by atoms with E-state index >= 15 is 0 Å². The van der Waals surface area contributed by atoms with Gasteiger partial charge in [0.05, 0.1) is 18.7 Å². The molecule has 1 unspecified atom stereocenters. The van der Waals surface area contributed by atoms with Crippen LogP contribution in [0.5, 0.6) is 5.75 Å². The number of halogens is 2. The number of rotatable bonds is 7. The van der Waals surface area contributed by atoms with Crippen LogP contribution in [0.3, 0.4) is 0 Å². The Hall–Kier alpha value is -1.85. The van der Waals surface area contributed by atoms with E-state index in [9.17, 15) is 13.6 Å². The van der Waals surface area contributed by atoms with Gasteiger partial charge in [-0.2, -0.15) is 8.78 Å². The van der Waals surface area contributed by atoms with E-state index in [4.69, 9.17) is 4.74 Å². The Morgan fingerprint density at radius 2 is 2.05 bits per heavy atom. The molecule has 0 amide bonds. The number of alkyl halides is 2. The first-order chi connectivity index (χ1) is 9.02. The maximum Gasteiger partial charge on any atom is 0.387 e. The van der Waals surface area contributed by atoms with Gasteiger partial charge in [-0.1, -0.05) is 12.1 Å². The lowest BCUT2D eigenvalue weighted by atomic mass is 10.2. The predicted molar refractivity (Wildman–Crippen MR) is 67.4 cm³/mol. The molecule has 19 heavy (non-hydrogen) atoms. The number of hydrogen-bond donors (Lipinski definition) is 1. The van der Waals surface area contributed by atoms with Crippen molar-refractivity contribution in [1.29, 1.82) is 0 Å². The van der Waals surface area contributed by atoms with Crippen LogP contribution in [0.2, 0.25) is 0 Å². The molecule has 0 aliphatic rings. The third-order valence-electron chi connectivity index (χ3n) is 2.28. The van der Waals surface area contributed by atoms with Gasteiger partial charge in [-0.25, -0.2) is 0 Å². The summed E-state index contributed by atoms with van der Waals surface area (Å²) >= 11 is 0. The van der Waals surface area contributed by atoms with Crippen molar-refractivity contribution in [3.63, 3.8) is 0 Å². The average Bonchev–Trinajstić information content (AvgIpc) is 2.31. The number of esters is 1. The lowest BCUT2D eigenvalue weighted by molar-refractivity contribution is -0.143. The molecule has 0 radical (unpaired) electrons. The molecule has 0 spiro atoms. The zero-order valence-electron chi connectivity index (χ0n) is 10.9. The molecule has 0 saturated carbocycles. The summed E-state index contributed by atoms with van der Waals surface area (Å²) in [5.74, 6) is -0.289. The number of carbonyl (C=O) groups is 1. The third-order valence-corrected chi connectivity index (χ3v) is 2.28. The molecule has 6 heteroatoms. The van der Waals surface area contributed by atoms with Crippen molar-refractivity contribution in [2.24, 2.45) is 0 Å². The second-order valence-corrected chi connectivity index (χ2v) is 3.93. The minimum absolute atomic E-state index is 0.0493. The van der Waals surface area contributed by atoms with E-state index in [1.807, 2.05) is 0 Å². The highest BCUT2D eigenvalue weighted by molar-refractivity contribution is 5.71. The number of para-hydroxylation sites is 2. The van der Waals surface area contributed by atoms with Gasteiger partial charge in [0.1, 0.15) is 5.75 Å². The number of nitrogens with one attached hydrogen (secondary N) is 1. The van der Waals surface area contributed by atoms with E-state index in [0.717, 1.165) is 0 Å². The van der Waals surface area contributed by atoms with Crippen molar-refractivity contribution in [2.45, 2.75) is 32.9 Å². The average molecular weight is 273 g/mol. The highest BCUT2D eigenvalue weighted by Crippen LogP contribution is 2.26. The summed E-state index contributed by atoms with van der Waals surface area (Å²) < 4.78 is 33.7. The molecule has 0 heterocycles. The molecule has 106 valence electrons. The van der Waals surface area contributed by atoms with Crippen molar-refractivity contribution in [3.05, 3.63) is 24.3 Å². The van der Waals surface area contributed by atoms with Crippen LogP contribution >= 0.6 is 0 Å². The minimum atomic E-state index is -2.89. The first-order valence-electron chi connectivity index (χ1n) is 5.99. The van der Waals surface area contributed by atoms with Crippen molar-refractivity contribution in [1.82, 2.24) is 0 Å². The number of anilines is 1. The zero-order chi connectivity index (χ0) is 14.3. The number of hydrogen-bond acceptors (Lipinski definition) is 4. The van der Waals surface area contributed by atoms with Crippen LogP contribution in [0, 0.1) is 0 Å². The van der Waals surface area contributed by atoms with Crippen LogP contribution in [0.15, 0.2) is 24.3 Å². The molecular formula is C13H17F2NO3. The van der Waals surface area contributed by atoms with E-state index in [0.29, 0.717) is 12.3 Å². The van der Waals surface area contributed by atoms with E-state index in [1.54, 1.807) is 32.0 Å². The number of benzene rings is 1. The van der Waals surface area contributed by atoms with Crippen LogP contribution in [0.25, 0.3) is 0 Å². The first kappa shape index (κ1) is 15.2. The normalized spacial score (nSPS) is 12.1. The van der Waals surface area contributed by atoms with Crippen LogP contribution in [-0.4, -0.2) is 25.2 Å². The molecule has 0 bridgehead atoms. The van der Waals surface area contributed by atoms with E-state index in [-0.39, 0.29) is 24.2 Å². The van der Waals surface area contributed by atoms with E-state index in [2.05, 4.69) is 10.1 Å². The molecule has 0 aliphatic carbocycles. The van der Waals surface area contributed by atoms with Gasteiger partial charge >= 0.3 is 12.6 Å². The Balaban J connectivity index is 2.63. The molecule has 0 fully saturated rings. The largest absolute Gasteiger partial charge is 0.466 e. The summed E-state index contributed by atoms with van der Waals surface area (Å²) in [5.41, 5.74) is 0.416. The van der Waals surface area contributed by atoms with Gasteiger partial charge in [0.15, 0.2) is 0 Å². The number of carbonyl (C=O) groups excluding carboxylic acids is 1. The second kappa shape index (κ2) is 7.56. The molecule has 1 atom stereocenters. The summed E-state index contributed by atoms with van der Waals surface area (Å²) in [7, 11) is 0. The standard InChI is InChI=1S/C13H17F2NO3/c1-3-18-12(17)8-9(2)16-10-6-4-5-7-11(10)19-13(14)15/h4-7,9,13,16H,3,8H2,1-2H3. The molecule has 1 aromatic rings. The monoisotopic (exact) mass is 273 g/mol. The van der Waals surface area contributed by atoms with Gasteiger partial charge in [0, 0.05) is 6.04 Å². The lowest BCUT2D eigenvalue weighted by Gasteiger charge is -2.17. The van der Waals surface area contributed by atoms with Crippen LogP contribution in [-0.2, 0) is 9.53 Å². The van der Waals surface area contributed by atoms with Crippen molar-refractivity contribution in [3.8, 4) is 5.75 Å². The van der Waals surface area contributed by atoms with Gasteiger partial charge in [-0.05, 0) is 26.0 Å². The molecule has 1 N–H and O–H groups in total. The number of ether oxygens (including phenoxy) is 2. The van der Waals surface area contributed by atoms with E-state index in [1.165, 1.54) is 6.07 Å². The Morgan fingerprint density at radius 3 is 2.68 bits per heavy atom. The molecule has 4 nitrogen and oxygen atoms in total. The maximum absolute atomic E-state index is 12.2. The second-order valence-electron chi connectivity index (χ2n) is 3.93. The van der Waals surface area contributed by atoms with Crippen LogP contribution < -0.4 is 10.1 Å². The Kier molecular flexibility index (Phi) is 6.05. The van der Waals surface area contributed by atoms with Gasteiger partial charge in [-0.15, -0.1) is 0 Å². The topological polar surface area (TPSA) is 47.6 Å². The summed E-state index contributed by atoms with van der Waals surface area (Å²) in [6.07, 6.45) is 0.150. The van der Waals surface area contributed by atoms with Crippen molar-refractivity contribution in [2.75, 3.05) is 11.9 Å². The Morgan fingerprint density at radius 1 is 1.37 bits per heavy atom. The highest BCUT2D eigenvalue weighted by Gasteiger charge is 2.13. The molecule has 1 aromatic carbocycles. The lowest BCUT2D eigenvalue weighted by Crippen LogP contribution is -2.21. The van der Waals surface area contributed by atoms with Gasteiger partial charge in [-0.3, -0.25) is 4.79 Å². The fourth-order valence-electron chi connectivity index (χ4n) is 1.57. The van der Waals surface area contributed by atoms with E-state index < -0.39 is 6.61 Å². The summed E-state index contributed by atoms with van der Waals surface area (Å²) in [4.78, 5) is 11.3. The van der Waals surface area contributed by atoms with Gasteiger partial charge in [0.2, 0.25) is 0 Å². The third kappa shape index (κ3) is 5.54. The Bertz CT molecular complexity index is 413. The van der Waals surface area contributed by atoms with Crippen molar-refractivity contribution >= 4 is 11.7 Å². The smallest absolute Gasteiger partial charge is 0.387 e. The fraction of sp³-hybridized carbons (Fsp3) is 0.462. The van der Waals surface area contributed by atoms with Crippen LogP contribution in [0.4, 0.5) is 14.5 Å². The molecule has 0 aromatic heterocycles. The minimum Gasteiger partial charge on any atom is -0.466 e. The van der Waals surface area contributed by atoms with Crippen LogP contribution in [0.1, 0.15) is 20.3 Å². The summed E-state index contributed by atoms with van der Waals surface area (Å²) in [5, 5.41) is 2.95. The van der Waals surface area contributed by atoms with Crippen molar-refractivity contribution < 1.29 is 23.0 Å². The molecule has 0 saturated heterocycles. The van der Waals surface area contributed by atoms with Gasteiger partial charge in [0.25, 0.3) is 0 Å². The molecule has 0 aliphatic heterocycles. The molecular weight excluding hydrogens is 256 g/mol. The maximum atomic E-state index is 12.2. The molecule has 1 rings (SSSR count). The quantitative estimate of drug-likeness (QED) is 0.776. The zero-order valence-corrected chi connectivity index (χ0v) is 10.9. The Labute approximate surface area is 110 Å².